The molecule has 90 valence electrons. The van der Waals surface area contributed by atoms with Gasteiger partial charge in [-0.1, -0.05) is 0 Å². The van der Waals surface area contributed by atoms with E-state index in [1.165, 1.54) is 10.4 Å². The van der Waals surface area contributed by atoms with E-state index in [4.69, 9.17) is 11.5 Å². The van der Waals surface area contributed by atoms with Crippen molar-refractivity contribution in [3.05, 3.63) is 21.9 Å². The van der Waals surface area contributed by atoms with Crippen molar-refractivity contribution in [1.29, 1.82) is 0 Å². The van der Waals surface area contributed by atoms with Gasteiger partial charge in [0.25, 0.3) is 0 Å². The van der Waals surface area contributed by atoms with Gasteiger partial charge < -0.3 is 11.5 Å². The van der Waals surface area contributed by atoms with Crippen LogP contribution in [0.2, 0.25) is 0 Å². The first-order valence-electron chi connectivity index (χ1n) is 5.21. The molecule has 0 radical (unpaired) electrons. The zero-order valence-corrected chi connectivity index (χ0v) is 10.8. The SMILES string of the molecule is Cc1ccsc1C(C(C)N)N(C)CC(N)=O. The Balaban J connectivity index is 2.92. The lowest BCUT2D eigenvalue weighted by Crippen LogP contribution is -2.41. The fourth-order valence-electron chi connectivity index (χ4n) is 1.87. The fraction of sp³-hybridized carbons (Fsp3) is 0.545. The summed E-state index contributed by atoms with van der Waals surface area (Å²) in [5.74, 6) is -0.331. The summed E-state index contributed by atoms with van der Waals surface area (Å²) in [6, 6.07) is 2.07. The second-order valence-corrected chi connectivity index (χ2v) is 5.10. The van der Waals surface area contributed by atoms with E-state index < -0.39 is 0 Å². The number of hydrogen-bond donors (Lipinski definition) is 2. The van der Waals surface area contributed by atoms with E-state index in [0.29, 0.717) is 0 Å². The number of thiophene rings is 1. The minimum Gasteiger partial charge on any atom is -0.369 e. The summed E-state index contributed by atoms with van der Waals surface area (Å²) in [5, 5.41) is 2.04. The van der Waals surface area contributed by atoms with Crippen LogP contribution in [-0.2, 0) is 4.79 Å². The van der Waals surface area contributed by atoms with Crippen LogP contribution in [0.3, 0.4) is 0 Å². The summed E-state index contributed by atoms with van der Waals surface area (Å²) in [7, 11) is 1.87. The molecule has 0 aliphatic rings. The maximum Gasteiger partial charge on any atom is 0.231 e. The molecule has 0 aromatic carbocycles. The van der Waals surface area contributed by atoms with Gasteiger partial charge in [-0.25, -0.2) is 0 Å². The van der Waals surface area contributed by atoms with Crippen LogP contribution in [0.25, 0.3) is 0 Å². The molecule has 0 saturated carbocycles. The van der Waals surface area contributed by atoms with Crippen LogP contribution < -0.4 is 11.5 Å². The first kappa shape index (κ1) is 13.2. The van der Waals surface area contributed by atoms with Crippen molar-refractivity contribution in [2.24, 2.45) is 11.5 Å². The summed E-state index contributed by atoms with van der Waals surface area (Å²) < 4.78 is 0. The van der Waals surface area contributed by atoms with Crippen molar-refractivity contribution >= 4 is 17.2 Å². The molecule has 2 unspecified atom stereocenters. The van der Waals surface area contributed by atoms with Gasteiger partial charge in [-0.05, 0) is 37.9 Å². The fourth-order valence-corrected chi connectivity index (χ4v) is 3.08. The van der Waals surface area contributed by atoms with E-state index in [9.17, 15) is 4.79 Å². The summed E-state index contributed by atoms with van der Waals surface area (Å²) in [6.07, 6.45) is 0. The molecule has 0 bridgehead atoms. The van der Waals surface area contributed by atoms with Gasteiger partial charge in [0.1, 0.15) is 0 Å². The number of carbonyl (C=O) groups excluding carboxylic acids is 1. The number of nitrogens with two attached hydrogens (primary N) is 2. The monoisotopic (exact) mass is 241 g/mol. The van der Waals surface area contributed by atoms with E-state index >= 15 is 0 Å². The molecule has 0 saturated heterocycles. The van der Waals surface area contributed by atoms with Crippen molar-refractivity contribution < 1.29 is 4.79 Å². The topological polar surface area (TPSA) is 72.3 Å². The van der Waals surface area contributed by atoms with Gasteiger partial charge in [-0.15, -0.1) is 11.3 Å². The highest BCUT2D eigenvalue weighted by molar-refractivity contribution is 7.10. The lowest BCUT2D eigenvalue weighted by molar-refractivity contribution is -0.119. The maximum absolute atomic E-state index is 10.9. The molecule has 5 heteroatoms. The van der Waals surface area contributed by atoms with Crippen LogP contribution >= 0.6 is 11.3 Å². The van der Waals surface area contributed by atoms with Gasteiger partial charge >= 0.3 is 0 Å². The largest absolute Gasteiger partial charge is 0.369 e. The van der Waals surface area contributed by atoms with Crippen molar-refractivity contribution in [1.82, 2.24) is 4.90 Å². The number of likely N-dealkylation sites (N-methyl/N-ethyl adjacent to an activating group) is 1. The summed E-state index contributed by atoms with van der Waals surface area (Å²) in [6.45, 7) is 4.23. The Morgan fingerprint density at radius 3 is 2.62 bits per heavy atom. The van der Waals surface area contributed by atoms with Crippen molar-refractivity contribution in [2.45, 2.75) is 25.9 Å². The molecule has 1 aromatic heterocycles. The molecule has 1 rings (SSSR count). The summed E-state index contributed by atoms with van der Waals surface area (Å²) >= 11 is 1.67. The third-order valence-electron chi connectivity index (χ3n) is 2.55. The number of hydrogen-bond acceptors (Lipinski definition) is 4. The lowest BCUT2D eigenvalue weighted by atomic mass is 10.0. The van der Waals surface area contributed by atoms with Gasteiger partial charge in [-0.3, -0.25) is 9.69 Å². The molecule has 0 spiro atoms. The van der Waals surface area contributed by atoms with Crippen molar-refractivity contribution in [3.8, 4) is 0 Å². The first-order valence-corrected chi connectivity index (χ1v) is 6.09. The number of primary amides is 1. The minimum atomic E-state index is -0.331. The Bertz CT molecular complexity index is 362. The van der Waals surface area contributed by atoms with Crippen LogP contribution in [0.4, 0.5) is 0 Å². The number of aryl methyl sites for hydroxylation is 1. The Kier molecular flexibility index (Phi) is 4.46. The Hall–Kier alpha value is -0.910. The second-order valence-electron chi connectivity index (χ2n) is 4.15. The lowest BCUT2D eigenvalue weighted by Gasteiger charge is -2.30. The number of amides is 1. The Labute approximate surface area is 100 Å². The number of nitrogens with zero attached hydrogens (tertiary/aromatic N) is 1. The molecule has 0 fully saturated rings. The van der Waals surface area contributed by atoms with Gasteiger partial charge in [-0.2, -0.15) is 0 Å². The van der Waals surface area contributed by atoms with Crippen molar-refractivity contribution in [2.75, 3.05) is 13.6 Å². The summed E-state index contributed by atoms with van der Waals surface area (Å²) in [4.78, 5) is 14.1. The van der Waals surface area contributed by atoms with Gasteiger partial charge in [0.05, 0.1) is 12.6 Å². The van der Waals surface area contributed by atoms with Crippen LogP contribution in [0.5, 0.6) is 0 Å². The minimum absolute atomic E-state index is 0.0401. The predicted molar refractivity (Wildman–Crippen MR) is 67.3 cm³/mol. The molecule has 1 aromatic rings. The predicted octanol–water partition coefficient (Wildman–Crippen LogP) is 0.862. The number of rotatable bonds is 5. The molecule has 16 heavy (non-hydrogen) atoms. The van der Waals surface area contributed by atoms with Gasteiger partial charge in [0, 0.05) is 10.9 Å². The molecule has 4 N–H and O–H groups in total. The molecule has 0 aliphatic heterocycles. The quantitative estimate of drug-likeness (QED) is 0.803. The molecule has 4 nitrogen and oxygen atoms in total. The van der Waals surface area contributed by atoms with E-state index in [0.717, 1.165) is 0 Å². The highest BCUT2D eigenvalue weighted by Gasteiger charge is 2.24. The number of carbonyl (C=O) groups is 1. The van der Waals surface area contributed by atoms with Crippen LogP contribution in [-0.4, -0.2) is 30.4 Å². The molecule has 0 aliphatic carbocycles. The van der Waals surface area contributed by atoms with Crippen LogP contribution in [0, 0.1) is 6.92 Å². The molecular formula is C11H19N3OS. The summed E-state index contributed by atoms with van der Waals surface area (Å²) in [5.41, 5.74) is 12.4. The average Bonchev–Trinajstić information content (AvgIpc) is 2.50. The van der Waals surface area contributed by atoms with Crippen molar-refractivity contribution in [3.63, 3.8) is 0 Å². The molecule has 2 atom stereocenters. The third kappa shape index (κ3) is 3.04. The molecular weight excluding hydrogens is 222 g/mol. The molecule has 1 amide bonds. The Morgan fingerprint density at radius 2 is 2.25 bits per heavy atom. The zero-order chi connectivity index (χ0) is 12.3. The first-order chi connectivity index (χ1) is 7.43. The van der Waals surface area contributed by atoms with Crippen LogP contribution in [0.1, 0.15) is 23.4 Å². The molecule has 1 heterocycles. The highest BCUT2D eigenvalue weighted by atomic mass is 32.1. The van der Waals surface area contributed by atoms with E-state index in [1.807, 2.05) is 24.3 Å². The van der Waals surface area contributed by atoms with E-state index in [-0.39, 0.29) is 24.5 Å². The second kappa shape index (κ2) is 5.43. The Morgan fingerprint density at radius 1 is 1.62 bits per heavy atom. The van der Waals surface area contributed by atoms with Crippen LogP contribution in [0.15, 0.2) is 11.4 Å². The third-order valence-corrected chi connectivity index (χ3v) is 3.64. The van der Waals surface area contributed by atoms with Gasteiger partial charge in [0.15, 0.2) is 0 Å². The normalized spacial score (nSPS) is 15.1. The highest BCUT2D eigenvalue weighted by Crippen LogP contribution is 2.29. The van der Waals surface area contributed by atoms with E-state index in [1.54, 1.807) is 11.3 Å². The smallest absolute Gasteiger partial charge is 0.231 e. The zero-order valence-electron chi connectivity index (χ0n) is 9.93. The average molecular weight is 241 g/mol. The standard InChI is InChI=1S/C11H19N3OS/c1-7-4-5-16-11(7)10(8(2)12)14(3)6-9(13)15/h4-5,8,10H,6,12H2,1-3H3,(H2,13,15). The maximum atomic E-state index is 10.9. The van der Waals surface area contributed by atoms with Gasteiger partial charge in [0.2, 0.25) is 5.91 Å². The van der Waals surface area contributed by atoms with E-state index in [2.05, 4.69) is 13.0 Å².